The topological polar surface area (TPSA) is 59.1 Å². The van der Waals surface area contributed by atoms with Gasteiger partial charge in [-0.25, -0.2) is 0 Å². The standard InChI is InChI=1S/C23H32N2O4/c26-22(19-7-1-2-8-19)25-11-5-6-18(16-25)17-29-21-10-4-3-9-20(21)23(27)24-12-14-28-15-13-24/h3-4,9-10,18-19H,1-2,5-8,11-17H2. The van der Waals surface area contributed by atoms with Gasteiger partial charge >= 0.3 is 0 Å². The van der Waals surface area contributed by atoms with E-state index in [1.54, 1.807) is 0 Å². The average molecular weight is 401 g/mol. The van der Waals surface area contributed by atoms with E-state index in [9.17, 15) is 9.59 Å². The minimum atomic E-state index is 0.00517. The molecule has 0 bridgehead atoms. The van der Waals surface area contributed by atoms with Crippen LogP contribution < -0.4 is 4.74 Å². The summed E-state index contributed by atoms with van der Waals surface area (Å²) in [6.45, 7) is 4.60. The van der Waals surface area contributed by atoms with E-state index in [0.29, 0.717) is 56.0 Å². The highest BCUT2D eigenvalue weighted by Gasteiger charge is 2.31. The van der Waals surface area contributed by atoms with Gasteiger partial charge in [0.05, 0.1) is 25.4 Å². The van der Waals surface area contributed by atoms with Gasteiger partial charge < -0.3 is 19.3 Å². The summed E-state index contributed by atoms with van der Waals surface area (Å²) in [4.78, 5) is 29.5. The summed E-state index contributed by atoms with van der Waals surface area (Å²) in [7, 11) is 0. The van der Waals surface area contributed by atoms with Crippen molar-refractivity contribution >= 4 is 11.8 Å². The summed E-state index contributed by atoms with van der Waals surface area (Å²) in [5, 5.41) is 0. The van der Waals surface area contributed by atoms with Crippen LogP contribution in [0, 0.1) is 11.8 Å². The molecule has 0 spiro atoms. The molecule has 6 heteroatoms. The second kappa shape index (κ2) is 9.61. The number of ether oxygens (including phenoxy) is 2. The van der Waals surface area contributed by atoms with Crippen LogP contribution in [-0.4, -0.2) is 67.6 Å². The molecule has 4 rings (SSSR count). The van der Waals surface area contributed by atoms with Crippen molar-refractivity contribution in [3.05, 3.63) is 29.8 Å². The Hall–Kier alpha value is -2.08. The van der Waals surface area contributed by atoms with E-state index in [0.717, 1.165) is 38.8 Å². The summed E-state index contributed by atoms with van der Waals surface area (Å²) in [6.07, 6.45) is 6.56. The van der Waals surface area contributed by atoms with Gasteiger partial charge in [0.2, 0.25) is 5.91 Å². The number of nitrogens with zero attached hydrogens (tertiary/aromatic N) is 2. The number of morpholine rings is 1. The number of piperidine rings is 1. The molecule has 6 nitrogen and oxygen atoms in total. The van der Waals surface area contributed by atoms with E-state index in [2.05, 4.69) is 4.90 Å². The van der Waals surface area contributed by atoms with Crippen LogP contribution in [0.15, 0.2) is 24.3 Å². The SMILES string of the molecule is O=C(c1ccccc1OCC1CCCN(C(=O)C2CCCC2)C1)N1CCOCC1. The molecule has 0 radical (unpaired) electrons. The Morgan fingerprint density at radius 1 is 0.966 bits per heavy atom. The zero-order valence-corrected chi connectivity index (χ0v) is 17.2. The number of carbonyl (C=O) groups is 2. The van der Waals surface area contributed by atoms with Gasteiger partial charge in [-0.1, -0.05) is 25.0 Å². The van der Waals surface area contributed by atoms with Gasteiger partial charge in [0.25, 0.3) is 5.91 Å². The van der Waals surface area contributed by atoms with Gasteiger partial charge in [0.1, 0.15) is 5.75 Å². The van der Waals surface area contributed by atoms with Crippen LogP contribution in [0.4, 0.5) is 0 Å². The van der Waals surface area contributed by atoms with Gasteiger partial charge in [-0.05, 0) is 37.8 Å². The van der Waals surface area contributed by atoms with E-state index in [1.807, 2.05) is 29.2 Å². The number of hydrogen-bond donors (Lipinski definition) is 0. The first kappa shape index (κ1) is 20.2. The van der Waals surface area contributed by atoms with Crippen LogP contribution in [-0.2, 0) is 9.53 Å². The summed E-state index contributed by atoms with van der Waals surface area (Å²) in [5.74, 6) is 1.55. The zero-order chi connectivity index (χ0) is 20.1. The van der Waals surface area contributed by atoms with Crippen molar-refractivity contribution in [3.63, 3.8) is 0 Å². The van der Waals surface area contributed by atoms with Crippen LogP contribution in [0.25, 0.3) is 0 Å². The second-order valence-electron chi connectivity index (χ2n) is 8.49. The lowest BCUT2D eigenvalue weighted by molar-refractivity contribution is -0.137. The van der Waals surface area contributed by atoms with E-state index >= 15 is 0 Å². The van der Waals surface area contributed by atoms with Gasteiger partial charge in [0.15, 0.2) is 0 Å². The normalized spacial score (nSPS) is 23.2. The van der Waals surface area contributed by atoms with Crippen molar-refractivity contribution < 1.29 is 19.1 Å². The number of likely N-dealkylation sites (tertiary alicyclic amines) is 1. The van der Waals surface area contributed by atoms with Crippen molar-refractivity contribution in [2.45, 2.75) is 38.5 Å². The van der Waals surface area contributed by atoms with Crippen LogP contribution in [0.3, 0.4) is 0 Å². The fourth-order valence-electron chi connectivity index (χ4n) is 4.75. The van der Waals surface area contributed by atoms with Gasteiger partial charge in [0, 0.05) is 38.0 Å². The molecule has 2 amide bonds. The van der Waals surface area contributed by atoms with Crippen molar-refractivity contribution in [1.82, 2.24) is 9.80 Å². The summed E-state index contributed by atoms with van der Waals surface area (Å²) >= 11 is 0. The van der Waals surface area contributed by atoms with E-state index in [1.165, 1.54) is 12.8 Å². The number of benzene rings is 1. The number of carbonyl (C=O) groups excluding carboxylic acids is 2. The average Bonchev–Trinajstić information content (AvgIpc) is 3.33. The third-order valence-electron chi connectivity index (χ3n) is 6.43. The highest BCUT2D eigenvalue weighted by molar-refractivity contribution is 5.97. The predicted octanol–water partition coefficient (Wildman–Crippen LogP) is 2.97. The second-order valence-corrected chi connectivity index (χ2v) is 8.49. The number of hydrogen-bond acceptors (Lipinski definition) is 4. The summed E-state index contributed by atoms with van der Waals surface area (Å²) in [6, 6.07) is 7.49. The lowest BCUT2D eigenvalue weighted by Crippen LogP contribution is -2.44. The molecule has 2 aliphatic heterocycles. The predicted molar refractivity (Wildman–Crippen MR) is 110 cm³/mol. The van der Waals surface area contributed by atoms with Crippen molar-refractivity contribution in [1.29, 1.82) is 0 Å². The number of amides is 2. The molecule has 158 valence electrons. The molecule has 2 saturated heterocycles. The molecular formula is C23H32N2O4. The molecule has 3 fully saturated rings. The highest BCUT2D eigenvalue weighted by Crippen LogP contribution is 2.29. The third-order valence-corrected chi connectivity index (χ3v) is 6.43. The fourth-order valence-corrected chi connectivity index (χ4v) is 4.75. The molecular weight excluding hydrogens is 368 g/mol. The molecule has 1 aromatic carbocycles. The maximum Gasteiger partial charge on any atom is 0.257 e. The molecule has 0 aromatic heterocycles. The number of rotatable bonds is 5. The van der Waals surface area contributed by atoms with Gasteiger partial charge in [-0.15, -0.1) is 0 Å². The first-order valence-electron chi connectivity index (χ1n) is 11.1. The molecule has 1 atom stereocenters. The molecule has 0 N–H and O–H groups in total. The Labute approximate surface area is 173 Å². The van der Waals surface area contributed by atoms with Gasteiger partial charge in [-0.2, -0.15) is 0 Å². The Morgan fingerprint density at radius 3 is 2.52 bits per heavy atom. The molecule has 1 saturated carbocycles. The summed E-state index contributed by atoms with van der Waals surface area (Å²) < 4.78 is 11.5. The van der Waals surface area contributed by atoms with Crippen LogP contribution in [0.5, 0.6) is 5.75 Å². The largest absolute Gasteiger partial charge is 0.492 e. The molecule has 2 heterocycles. The lowest BCUT2D eigenvalue weighted by Gasteiger charge is -2.34. The fraction of sp³-hybridized carbons (Fsp3) is 0.652. The first-order valence-corrected chi connectivity index (χ1v) is 11.1. The van der Waals surface area contributed by atoms with Crippen molar-refractivity contribution in [2.75, 3.05) is 46.0 Å². The number of para-hydroxylation sites is 1. The van der Waals surface area contributed by atoms with Crippen LogP contribution in [0.2, 0.25) is 0 Å². The quantitative estimate of drug-likeness (QED) is 0.763. The maximum absolute atomic E-state index is 12.9. The van der Waals surface area contributed by atoms with E-state index in [4.69, 9.17) is 9.47 Å². The lowest BCUT2D eigenvalue weighted by atomic mass is 9.96. The van der Waals surface area contributed by atoms with Crippen molar-refractivity contribution in [3.8, 4) is 5.75 Å². The Balaban J connectivity index is 1.35. The minimum Gasteiger partial charge on any atom is -0.492 e. The summed E-state index contributed by atoms with van der Waals surface area (Å²) in [5.41, 5.74) is 0.615. The first-order chi connectivity index (χ1) is 14.2. The smallest absolute Gasteiger partial charge is 0.257 e. The molecule has 3 aliphatic rings. The monoisotopic (exact) mass is 400 g/mol. The van der Waals surface area contributed by atoms with Crippen LogP contribution >= 0.6 is 0 Å². The highest BCUT2D eigenvalue weighted by atomic mass is 16.5. The van der Waals surface area contributed by atoms with E-state index < -0.39 is 0 Å². The Bertz CT molecular complexity index is 711. The van der Waals surface area contributed by atoms with Gasteiger partial charge in [-0.3, -0.25) is 9.59 Å². The third kappa shape index (κ3) is 4.92. The maximum atomic E-state index is 12.9. The molecule has 29 heavy (non-hydrogen) atoms. The van der Waals surface area contributed by atoms with Crippen molar-refractivity contribution in [2.24, 2.45) is 11.8 Å². The Morgan fingerprint density at radius 2 is 1.72 bits per heavy atom. The van der Waals surface area contributed by atoms with E-state index in [-0.39, 0.29) is 11.8 Å². The zero-order valence-electron chi connectivity index (χ0n) is 17.2. The Kier molecular flexibility index (Phi) is 6.70. The molecule has 1 aliphatic carbocycles. The molecule has 1 aromatic rings. The molecule has 1 unspecified atom stereocenters. The van der Waals surface area contributed by atoms with Crippen LogP contribution in [0.1, 0.15) is 48.9 Å². The minimum absolute atomic E-state index is 0.00517.